The molecule has 9 heteroatoms. The van der Waals surface area contributed by atoms with Crippen molar-refractivity contribution in [2.24, 2.45) is 0 Å². The first kappa shape index (κ1) is 25.8. The third-order valence-electron chi connectivity index (χ3n) is 5.65. The van der Waals surface area contributed by atoms with Crippen LogP contribution in [-0.4, -0.2) is 80.1 Å². The van der Waals surface area contributed by atoms with Gasteiger partial charge in [-0.05, 0) is 33.7 Å². The first-order valence-electron chi connectivity index (χ1n) is 10.2. The van der Waals surface area contributed by atoms with E-state index in [9.17, 15) is 34.8 Å². The number of carbonyl (C=O) groups is 3. The zero-order valence-electron chi connectivity index (χ0n) is 17.7. The van der Waals surface area contributed by atoms with Crippen molar-refractivity contribution in [2.75, 3.05) is 6.54 Å². The largest absolute Gasteiger partial charge is 0.387 e. The molecule has 0 aromatic carbocycles. The summed E-state index contributed by atoms with van der Waals surface area (Å²) in [7, 11) is 0. The number of aliphatic hydroxyl groups is 4. The summed E-state index contributed by atoms with van der Waals surface area (Å²) in [5, 5.41) is 45.4. The van der Waals surface area contributed by atoms with E-state index < -0.39 is 53.1 Å². The number of unbranched alkanes of at least 4 members (excludes halogenated alkanes) is 5. The second kappa shape index (κ2) is 10.7. The molecule has 0 spiro atoms. The van der Waals surface area contributed by atoms with Crippen LogP contribution in [0, 0.1) is 0 Å². The number of aliphatic hydroxyl groups excluding tert-OH is 2. The monoisotopic (exact) mass is 417 g/mol. The van der Waals surface area contributed by atoms with Crippen molar-refractivity contribution in [3.8, 4) is 0 Å². The Morgan fingerprint density at radius 2 is 1.48 bits per heavy atom. The van der Waals surface area contributed by atoms with Gasteiger partial charge in [-0.1, -0.05) is 39.0 Å². The molecule has 0 aromatic rings. The van der Waals surface area contributed by atoms with E-state index in [2.05, 4.69) is 12.2 Å². The summed E-state index contributed by atoms with van der Waals surface area (Å²) in [6.07, 6.45) is -1.43. The summed E-state index contributed by atoms with van der Waals surface area (Å²) in [5.74, 6) is -2.84. The quantitative estimate of drug-likeness (QED) is 0.267. The number of Topliss-reactive ketones (excluding diaryl/α,β-unsaturated/α-hetero) is 3. The molecule has 0 aliphatic carbocycles. The maximum absolute atomic E-state index is 12.3. The van der Waals surface area contributed by atoms with Crippen LogP contribution in [0.4, 0.5) is 0 Å². The van der Waals surface area contributed by atoms with Crippen molar-refractivity contribution in [1.29, 1.82) is 0 Å². The fraction of sp³-hybridized carbons (Fsp3) is 0.850. The molecular weight excluding hydrogens is 382 g/mol. The van der Waals surface area contributed by atoms with Crippen molar-refractivity contribution >= 4 is 17.3 Å². The van der Waals surface area contributed by atoms with Crippen LogP contribution in [0.3, 0.4) is 0 Å². The Morgan fingerprint density at radius 1 is 0.966 bits per heavy atom. The van der Waals surface area contributed by atoms with Gasteiger partial charge >= 0.3 is 0 Å². The smallest absolute Gasteiger partial charge is 0.200 e. The minimum atomic E-state index is -2.96. The van der Waals surface area contributed by atoms with Crippen LogP contribution >= 0.6 is 0 Å². The fourth-order valence-corrected chi connectivity index (χ4v) is 3.74. The highest BCUT2D eigenvalue weighted by atomic mass is 16.6. The van der Waals surface area contributed by atoms with Gasteiger partial charge in [0.25, 0.3) is 0 Å². The van der Waals surface area contributed by atoms with Crippen LogP contribution in [0.2, 0.25) is 0 Å². The average Bonchev–Trinajstić information content (AvgIpc) is 2.65. The number of rotatable bonds is 12. The van der Waals surface area contributed by atoms with Crippen LogP contribution in [0.1, 0.15) is 66.2 Å². The SMILES string of the molecule is CCCCCCCCN[C@@H]1O[C@H](C(O)C(C)=O)[C@H](O)[C@@](O)(C(C)=O)[C@]1(O)C(C)=O. The van der Waals surface area contributed by atoms with Crippen molar-refractivity contribution in [3.63, 3.8) is 0 Å². The molecule has 0 aromatic heterocycles. The lowest BCUT2D eigenvalue weighted by Gasteiger charge is -2.53. The van der Waals surface area contributed by atoms with Crippen LogP contribution in [-0.2, 0) is 19.1 Å². The molecular formula is C20H35NO8. The van der Waals surface area contributed by atoms with Crippen LogP contribution in [0.15, 0.2) is 0 Å². The standard InChI is InChI=1S/C20H35NO8/c1-5-6-7-8-9-10-11-21-18-20(28,14(4)24)19(27,13(3)23)17(26)16(29-18)15(25)12(2)22/h15-18,21,25-28H,5-11H2,1-4H3/t15?,16-,17+,18-,19+,20+/m1/s1. The summed E-state index contributed by atoms with van der Waals surface area (Å²) in [6.45, 7) is 5.33. The maximum Gasteiger partial charge on any atom is 0.200 e. The predicted molar refractivity (Wildman–Crippen MR) is 104 cm³/mol. The molecule has 1 rings (SSSR count). The van der Waals surface area contributed by atoms with E-state index in [1.165, 1.54) is 0 Å². The number of carbonyl (C=O) groups excluding carboxylic acids is 3. The number of ketones is 3. The number of ether oxygens (including phenoxy) is 1. The van der Waals surface area contributed by atoms with Crippen molar-refractivity contribution < 1.29 is 39.5 Å². The first-order valence-corrected chi connectivity index (χ1v) is 10.2. The molecule has 168 valence electrons. The Labute approximate surface area is 171 Å². The normalized spacial score (nSPS) is 33.3. The average molecular weight is 417 g/mol. The van der Waals surface area contributed by atoms with Gasteiger partial charge in [-0.25, -0.2) is 0 Å². The van der Waals surface area contributed by atoms with Gasteiger partial charge in [-0.2, -0.15) is 0 Å². The van der Waals surface area contributed by atoms with E-state index in [1.807, 2.05) is 0 Å². The highest BCUT2D eigenvalue weighted by Crippen LogP contribution is 2.40. The topological polar surface area (TPSA) is 153 Å². The molecule has 0 saturated carbocycles. The molecule has 6 atom stereocenters. The molecule has 0 amide bonds. The van der Waals surface area contributed by atoms with Crippen LogP contribution in [0.5, 0.6) is 0 Å². The second-order valence-electron chi connectivity index (χ2n) is 7.85. The van der Waals surface area contributed by atoms with Crippen molar-refractivity contribution in [2.45, 2.75) is 102 Å². The second-order valence-corrected chi connectivity index (χ2v) is 7.85. The number of hydrogen-bond acceptors (Lipinski definition) is 9. The van der Waals surface area contributed by atoms with Gasteiger partial charge in [0.1, 0.15) is 24.5 Å². The highest BCUT2D eigenvalue weighted by Gasteiger charge is 2.70. The Bertz CT molecular complexity index is 597. The molecule has 1 heterocycles. The summed E-state index contributed by atoms with van der Waals surface area (Å²) in [4.78, 5) is 36.1. The molecule has 1 fully saturated rings. The summed E-state index contributed by atoms with van der Waals surface area (Å²) >= 11 is 0. The molecule has 0 radical (unpaired) electrons. The molecule has 9 nitrogen and oxygen atoms in total. The maximum atomic E-state index is 12.3. The van der Waals surface area contributed by atoms with E-state index in [0.29, 0.717) is 13.0 Å². The summed E-state index contributed by atoms with van der Waals surface area (Å²) < 4.78 is 5.47. The van der Waals surface area contributed by atoms with Gasteiger partial charge < -0.3 is 25.2 Å². The molecule has 5 N–H and O–H groups in total. The highest BCUT2D eigenvalue weighted by molar-refractivity contribution is 5.98. The van der Waals surface area contributed by atoms with Gasteiger partial charge in [-0.15, -0.1) is 0 Å². The Morgan fingerprint density at radius 3 is 1.97 bits per heavy atom. The third-order valence-corrected chi connectivity index (χ3v) is 5.65. The Kier molecular flexibility index (Phi) is 9.52. The van der Waals surface area contributed by atoms with E-state index >= 15 is 0 Å². The zero-order valence-corrected chi connectivity index (χ0v) is 17.7. The molecule has 29 heavy (non-hydrogen) atoms. The minimum Gasteiger partial charge on any atom is -0.387 e. The lowest BCUT2D eigenvalue weighted by Crippen LogP contribution is -2.82. The number of hydrogen-bond donors (Lipinski definition) is 5. The molecule has 1 unspecified atom stereocenters. The summed E-state index contributed by atoms with van der Waals surface area (Å²) in [6, 6.07) is 0. The Balaban J connectivity index is 3.10. The molecule has 0 bridgehead atoms. The fourth-order valence-electron chi connectivity index (χ4n) is 3.74. The molecule has 1 saturated heterocycles. The van der Waals surface area contributed by atoms with Crippen LogP contribution in [0.25, 0.3) is 0 Å². The lowest BCUT2D eigenvalue weighted by molar-refractivity contribution is -0.306. The predicted octanol–water partition coefficient (Wildman–Crippen LogP) is -0.388. The molecule has 1 aliphatic heterocycles. The van der Waals surface area contributed by atoms with Crippen molar-refractivity contribution in [3.05, 3.63) is 0 Å². The number of nitrogens with one attached hydrogen (secondary N) is 1. The van der Waals surface area contributed by atoms with E-state index in [1.54, 1.807) is 0 Å². The van der Waals surface area contributed by atoms with Gasteiger partial charge in [0.05, 0.1) is 0 Å². The zero-order chi connectivity index (χ0) is 22.4. The van der Waals surface area contributed by atoms with Crippen molar-refractivity contribution in [1.82, 2.24) is 5.32 Å². The first-order chi connectivity index (χ1) is 13.5. The van der Waals surface area contributed by atoms with Gasteiger partial charge in [0.15, 0.2) is 23.0 Å². The lowest BCUT2D eigenvalue weighted by atomic mass is 9.68. The molecule has 1 aliphatic rings. The van der Waals surface area contributed by atoms with Gasteiger partial charge in [0.2, 0.25) is 5.60 Å². The van der Waals surface area contributed by atoms with E-state index in [0.717, 1.165) is 52.9 Å². The van der Waals surface area contributed by atoms with Crippen LogP contribution < -0.4 is 5.32 Å². The Hall–Kier alpha value is -1.23. The van der Waals surface area contributed by atoms with E-state index in [4.69, 9.17) is 4.74 Å². The van der Waals surface area contributed by atoms with Gasteiger partial charge in [-0.3, -0.25) is 19.7 Å². The summed E-state index contributed by atoms with van der Waals surface area (Å²) in [5.41, 5.74) is -5.76. The minimum absolute atomic E-state index is 0.291. The third kappa shape index (κ3) is 5.10. The van der Waals surface area contributed by atoms with Gasteiger partial charge in [0, 0.05) is 0 Å². The van der Waals surface area contributed by atoms with E-state index in [-0.39, 0.29) is 0 Å².